The fourth-order valence-corrected chi connectivity index (χ4v) is 3.41. The summed E-state index contributed by atoms with van der Waals surface area (Å²) in [4.78, 5) is 24.4. The van der Waals surface area contributed by atoms with Gasteiger partial charge in [-0.25, -0.2) is 9.97 Å². The van der Waals surface area contributed by atoms with Crippen molar-refractivity contribution in [1.29, 1.82) is 0 Å². The molecule has 0 spiro atoms. The third-order valence-electron chi connectivity index (χ3n) is 5.09. The monoisotopic (exact) mass is 415 g/mol. The number of pyridine rings is 1. The average molecular weight is 415 g/mol. The number of halogens is 3. The standard InChI is InChI=1S/C21H20F3N5O/c22-21(23,24)18-5-6-19(26-13-18)28-9-11-29(12-10-28)20(30)17-3-1-16(2-4-17)14-27-8-7-25-15-27/h1-8,13,15H,9-12,14H2. The summed E-state index contributed by atoms with van der Waals surface area (Å²) in [7, 11) is 0. The van der Waals surface area contributed by atoms with Crippen LogP contribution in [0.4, 0.5) is 19.0 Å². The lowest BCUT2D eigenvalue weighted by Crippen LogP contribution is -2.49. The molecule has 1 fully saturated rings. The molecule has 1 aliphatic heterocycles. The molecule has 9 heteroatoms. The number of alkyl halides is 3. The summed E-state index contributed by atoms with van der Waals surface area (Å²) in [6, 6.07) is 9.90. The maximum absolute atomic E-state index is 12.8. The number of aromatic nitrogens is 3. The van der Waals surface area contributed by atoms with Gasteiger partial charge in [0.05, 0.1) is 11.9 Å². The molecule has 0 saturated carbocycles. The van der Waals surface area contributed by atoms with Crippen molar-refractivity contribution in [1.82, 2.24) is 19.4 Å². The number of amides is 1. The van der Waals surface area contributed by atoms with Crippen LogP contribution >= 0.6 is 0 Å². The van der Waals surface area contributed by atoms with E-state index in [9.17, 15) is 18.0 Å². The Balaban J connectivity index is 1.34. The Bertz CT molecular complexity index is 977. The summed E-state index contributed by atoms with van der Waals surface area (Å²) in [6.07, 6.45) is 1.79. The maximum atomic E-state index is 12.8. The van der Waals surface area contributed by atoms with Gasteiger partial charge in [-0.2, -0.15) is 13.2 Å². The zero-order chi connectivity index (χ0) is 21.1. The maximum Gasteiger partial charge on any atom is 0.417 e. The van der Waals surface area contributed by atoms with Crippen molar-refractivity contribution >= 4 is 11.7 Å². The number of carbonyl (C=O) groups excluding carboxylic acids is 1. The zero-order valence-electron chi connectivity index (χ0n) is 16.1. The number of hydrogen-bond donors (Lipinski definition) is 0. The summed E-state index contributed by atoms with van der Waals surface area (Å²) in [5.74, 6) is 0.433. The first-order valence-electron chi connectivity index (χ1n) is 9.52. The predicted molar refractivity (Wildman–Crippen MR) is 105 cm³/mol. The smallest absolute Gasteiger partial charge is 0.353 e. The van der Waals surface area contributed by atoms with E-state index in [-0.39, 0.29) is 5.91 Å². The second kappa shape index (κ2) is 8.17. The largest absolute Gasteiger partial charge is 0.417 e. The van der Waals surface area contributed by atoms with E-state index < -0.39 is 11.7 Å². The number of hydrogen-bond acceptors (Lipinski definition) is 4. The molecule has 4 rings (SSSR count). The van der Waals surface area contributed by atoms with E-state index in [1.54, 1.807) is 17.4 Å². The van der Waals surface area contributed by atoms with Gasteiger partial charge in [-0.1, -0.05) is 12.1 Å². The topological polar surface area (TPSA) is 54.3 Å². The van der Waals surface area contributed by atoms with Crippen LogP contribution in [-0.2, 0) is 12.7 Å². The minimum Gasteiger partial charge on any atom is -0.353 e. The third-order valence-corrected chi connectivity index (χ3v) is 5.09. The van der Waals surface area contributed by atoms with Crippen LogP contribution in [-0.4, -0.2) is 51.5 Å². The van der Waals surface area contributed by atoms with Crippen LogP contribution in [0.1, 0.15) is 21.5 Å². The van der Waals surface area contributed by atoms with Crippen molar-refractivity contribution in [2.45, 2.75) is 12.7 Å². The van der Waals surface area contributed by atoms with Crippen LogP contribution in [0.25, 0.3) is 0 Å². The van der Waals surface area contributed by atoms with Crippen LogP contribution in [0.5, 0.6) is 0 Å². The molecule has 2 aromatic heterocycles. The van der Waals surface area contributed by atoms with E-state index in [2.05, 4.69) is 9.97 Å². The van der Waals surface area contributed by atoms with E-state index in [4.69, 9.17) is 0 Å². The lowest BCUT2D eigenvalue weighted by atomic mass is 10.1. The molecule has 3 heterocycles. The number of benzene rings is 1. The molecule has 0 unspecified atom stereocenters. The fourth-order valence-electron chi connectivity index (χ4n) is 3.41. The van der Waals surface area contributed by atoms with Gasteiger partial charge in [0.15, 0.2) is 0 Å². The van der Waals surface area contributed by atoms with E-state index >= 15 is 0 Å². The zero-order valence-corrected chi connectivity index (χ0v) is 16.1. The first-order chi connectivity index (χ1) is 14.4. The van der Waals surface area contributed by atoms with Gasteiger partial charge in [0.1, 0.15) is 5.82 Å². The average Bonchev–Trinajstić information content (AvgIpc) is 3.26. The first-order valence-corrected chi connectivity index (χ1v) is 9.52. The number of anilines is 1. The van der Waals surface area contributed by atoms with Crippen LogP contribution in [0, 0.1) is 0 Å². The van der Waals surface area contributed by atoms with E-state index in [0.717, 1.165) is 17.8 Å². The molecule has 1 amide bonds. The summed E-state index contributed by atoms with van der Waals surface area (Å²) >= 11 is 0. The lowest BCUT2D eigenvalue weighted by Gasteiger charge is -2.35. The molecular weight excluding hydrogens is 395 g/mol. The SMILES string of the molecule is O=C(c1ccc(Cn2ccnc2)cc1)N1CCN(c2ccc(C(F)(F)F)cn2)CC1. The molecule has 0 N–H and O–H groups in total. The number of carbonyl (C=O) groups is 1. The molecule has 6 nitrogen and oxygen atoms in total. The minimum atomic E-state index is -4.40. The van der Waals surface area contributed by atoms with Crippen LogP contribution in [0.2, 0.25) is 0 Å². The van der Waals surface area contributed by atoms with Gasteiger partial charge in [0.25, 0.3) is 5.91 Å². The molecule has 0 radical (unpaired) electrons. The van der Waals surface area contributed by atoms with Crippen LogP contribution in [0.15, 0.2) is 61.3 Å². The quantitative estimate of drug-likeness (QED) is 0.656. The second-order valence-electron chi connectivity index (χ2n) is 7.11. The van der Waals surface area contributed by atoms with Gasteiger partial charge in [-0.05, 0) is 29.8 Å². The number of piperazine rings is 1. The Morgan fingerprint density at radius 3 is 2.30 bits per heavy atom. The predicted octanol–water partition coefficient (Wildman–Crippen LogP) is 3.31. The van der Waals surface area contributed by atoms with E-state index in [0.29, 0.717) is 44.1 Å². The lowest BCUT2D eigenvalue weighted by molar-refractivity contribution is -0.137. The Morgan fingerprint density at radius 1 is 1.00 bits per heavy atom. The summed E-state index contributed by atoms with van der Waals surface area (Å²) in [6.45, 7) is 2.69. The molecule has 1 aliphatic rings. The minimum absolute atomic E-state index is 0.0517. The van der Waals surface area contributed by atoms with Gasteiger partial charge in [-0.3, -0.25) is 4.79 Å². The molecule has 0 atom stereocenters. The van der Waals surface area contributed by atoms with Crippen molar-refractivity contribution in [3.63, 3.8) is 0 Å². The van der Waals surface area contributed by atoms with Crippen LogP contribution < -0.4 is 4.90 Å². The summed E-state index contributed by atoms with van der Waals surface area (Å²) < 4.78 is 40.0. The highest BCUT2D eigenvalue weighted by atomic mass is 19.4. The van der Waals surface area contributed by atoms with Crippen molar-refractivity contribution in [3.8, 4) is 0 Å². The van der Waals surface area contributed by atoms with E-state index in [1.807, 2.05) is 39.9 Å². The number of rotatable bonds is 4. The molecule has 3 aromatic rings. The first kappa shape index (κ1) is 19.9. The highest BCUT2D eigenvalue weighted by Gasteiger charge is 2.31. The van der Waals surface area contributed by atoms with Gasteiger partial charge in [-0.15, -0.1) is 0 Å². The molecule has 0 aliphatic carbocycles. The molecule has 30 heavy (non-hydrogen) atoms. The Labute approximate surface area is 171 Å². The fraction of sp³-hybridized carbons (Fsp3) is 0.286. The molecule has 0 bridgehead atoms. The van der Waals surface area contributed by atoms with Crippen molar-refractivity contribution in [2.24, 2.45) is 0 Å². The Kier molecular flexibility index (Phi) is 5.43. The highest BCUT2D eigenvalue weighted by Crippen LogP contribution is 2.29. The van der Waals surface area contributed by atoms with Gasteiger partial charge in [0, 0.05) is 56.9 Å². The Hall–Kier alpha value is -3.36. The number of imidazole rings is 1. The van der Waals surface area contributed by atoms with Gasteiger partial charge < -0.3 is 14.4 Å². The summed E-state index contributed by atoms with van der Waals surface area (Å²) in [5, 5.41) is 0. The molecule has 1 aromatic carbocycles. The highest BCUT2D eigenvalue weighted by molar-refractivity contribution is 5.94. The van der Waals surface area contributed by atoms with Gasteiger partial charge >= 0.3 is 6.18 Å². The molecule has 156 valence electrons. The van der Waals surface area contributed by atoms with Crippen molar-refractivity contribution in [2.75, 3.05) is 31.1 Å². The Morgan fingerprint density at radius 2 is 1.73 bits per heavy atom. The number of nitrogens with zero attached hydrogens (tertiary/aromatic N) is 5. The molecular formula is C21H20F3N5O. The van der Waals surface area contributed by atoms with Crippen molar-refractivity contribution in [3.05, 3.63) is 78.0 Å². The van der Waals surface area contributed by atoms with Crippen molar-refractivity contribution < 1.29 is 18.0 Å². The van der Waals surface area contributed by atoms with Crippen LogP contribution in [0.3, 0.4) is 0 Å². The van der Waals surface area contributed by atoms with Gasteiger partial charge in [0.2, 0.25) is 0 Å². The third kappa shape index (κ3) is 4.45. The second-order valence-corrected chi connectivity index (χ2v) is 7.11. The normalized spacial score (nSPS) is 14.8. The van der Waals surface area contributed by atoms with E-state index in [1.165, 1.54) is 6.07 Å². The summed E-state index contributed by atoms with van der Waals surface area (Å²) in [5.41, 5.74) is 0.921. The molecule has 1 saturated heterocycles.